The third-order valence-corrected chi connectivity index (χ3v) is 3.22. The lowest BCUT2D eigenvalue weighted by Crippen LogP contribution is -2.32. The van der Waals surface area contributed by atoms with E-state index in [1.165, 1.54) is 0 Å². The highest BCUT2D eigenvalue weighted by Crippen LogP contribution is 2.19. The molecule has 94 valence electrons. The topological polar surface area (TPSA) is 20.3 Å². The Morgan fingerprint density at radius 1 is 1.24 bits per heavy atom. The second-order valence-corrected chi connectivity index (χ2v) is 4.48. The van der Waals surface area contributed by atoms with E-state index in [4.69, 9.17) is 0 Å². The van der Waals surface area contributed by atoms with E-state index in [1.54, 1.807) is 4.90 Å². The first-order valence-corrected chi connectivity index (χ1v) is 6.53. The van der Waals surface area contributed by atoms with Crippen LogP contribution in [-0.4, -0.2) is 13.0 Å². The van der Waals surface area contributed by atoms with Crippen LogP contribution in [0.2, 0.25) is 0 Å². The van der Waals surface area contributed by atoms with Gasteiger partial charge >= 0.3 is 0 Å². The van der Waals surface area contributed by atoms with Gasteiger partial charge in [-0.2, -0.15) is 0 Å². The van der Waals surface area contributed by atoms with Crippen molar-refractivity contribution in [2.75, 3.05) is 11.9 Å². The Morgan fingerprint density at radius 2 is 1.88 bits per heavy atom. The van der Waals surface area contributed by atoms with E-state index in [-0.39, 0.29) is 11.8 Å². The SMILES string of the molecule is CCCCC(CC)C(=O)N(C)c1ccccc1. The zero-order chi connectivity index (χ0) is 12.7. The number of amides is 1. The van der Waals surface area contributed by atoms with E-state index in [9.17, 15) is 4.79 Å². The first-order chi connectivity index (χ1) is 8.20. The van der Waals surface area contributed by atoms with Gasteiger partial charge in [0.25, 0.3) is 0 Å². The Kier molecular flexibility index (Phi) is 5.75. The number of hydrogen-bond donors (Lipinski definition) is 0. The van der Waals surface area contributed by atoms with Gasteiger partial charge in [-0.15, -0.1) is 0 Å². The van der Waals surface area contributed by atoms with Crippen LogP contribution in [0.3, 0.4) is 0 Å². The molecular formula is C15H23NO. The Balaban J connectivity index is 2.67. The number of carbonyl (C=O) groups is 1. The molecule has 1 amide bonds. The molecule has 0 heterocycles. The third-order valence-electron chi connectivity index (χ3n) is 3.22. The molecule has 2 nitrogen and oxygen atoms in total. The molecule has 0 fully saturated rings. The van der Waals surface area contributed by atoms with Crippen LogP contribution in [0, 0.1) is 5.92 Å². The Labute approximate surface area is 105 Å². The van der Waals surface area contributed by atoms with Gasteiger partial charge in [0.15, 0.2) is 0 Å². The second kappa shape index (κ2) is 7.10. The summed E-state index contributed by atoms with van der Waals surface area (Å²) in [5, 5.41) is 0. The van der Waals surface area contributed by atoms with Crippen molar-refractivity contribution in [1.29, 1.82) is 0 Å². The van der Waals surface area contributed by atoms with Gasteiger partial charge in [0.05, 0.1) is 0 Å². The number of hydrogen-bond acceptors (Lipinski definition) is 1. The molecule has 0 N–H and O–H groups in total. The number of para-hydroxylation sites is 1. The number of unbranched alkanes of at least 4 members (excludes halogenated alkanes) is 1. The fourth-order valence-corrected chi connectivity index (χ4v) is 2.01. The minimum Gasteiger partial charge on any atom is -0.315 e. The third kappa shape index (κ3) is 3.88. The first-order valence-electron chi connectivity index (χ1n) is 6.53. The van der Waals surface area contributed by atoms with Crippen LogP contribution in [0.25, 0.3) is 0 Å². The number of benzene rings is 1. The van der Waals surface area contributed by atoms with Crippen molar-refractivity contribution in [1.82, 2.24) is 0 Å². The van der Waals surface area contributed by atoms with E-state index in [1.807, 2.05) is 37.4 Å². The van der Waals surface area contributed by atoms with Gasteiger partial charge in [-0.25, -0.2) is 0 Å². The average Bonchev–Trinajstić information content (AvgIpc) is 2.39. The largest absolute Gasteiger partial charge is 0.315 e. The van der Waals surface area contributed by atoms with Gasteiger partial charge in [-0.3, -0.25) is 4.79 Å². The van der Waals surface area contributed by atoms with Crippen LogP contribution >= 0.6 is 0 Å². The van der Waals surface area contributed by atoms with Crippen molar-refractivity contribution in [3.63, 3.8) is 0 Å². The normalized spacial score (nSPS) is 12.2. The van der Waals surface area contributed by atoms with E-state index in [0.717, 1.165) is 31.4 Å². The maximum atomic E-state index is 12.3. The van der Waals surface area contributed by atoms with Crippen molar-refractivity contribution in [2.24, 2.45) is 5.92 Å². The number of rotatable bonds is 6. The van der Waals surface area contributed by atoms with Crippen LogP contribution in [0.15, 0.2) is 30.3 Å². The quantitative estimate of drug-likeness (QED) is 0.730. The van der Waals surface area contributed by atoms with Crippen LogP contribution in [0.1, 0.15) is 39.5 Å². The maximum absolute atomic E-state index is 12.3. The van der Waals surface area contributed by atoms with E-state index >= 15 is 0 Å². The fourth-order valence-electron chi connectivity index (χ4n) is 2.01. The molecular weight excluding hydrogens is 210 g/mol. The van der Waals surface area contributed by atoms with Gasteiger partial charge in [0, 0.05) is 18.7 Å². The molecule has 0 bridgehead atoms. The zero-order valence-corrected chi connectivity index (χ0v) is 11.1. The van der Waals surface area contributed by atoms with Crippen LogP contribution in [0.4, 0.5) is 5.69 Å². The van der Waals surface area contributed by atoms with Crippen LogP contribution in [0.5, 0.6) is 0 Å². The second-order valence-electron chi connectivity index (χ2n) is 4.48. The summed E-state index contributed by atoms with van der Waals surface area (Å²) < 4.78 is 0. The van der Waals surface area contributed by atoms with E-state index in [2.05, 4.69) is 13.8 Å². The van der Waals surface area contributed by atoms with Crippen molar-refractivity contribution < 1.29 is 4.79 Å². The highest BCUT2D eigenvalue weighted by atomic mass is 16.2. The molecule has 0 radical (unpaired) electrons. The van der Waals surface area contributed by atoms with Crippen molar-refractivity contribution in [2.45, 2.75) is 39.5 Å². The molecule has 0 saturated carbocycles. The molecule has 1 rings (SSSR count). The Bertz CT molecular complexity index is 334. The molecule has 0 spiro atoms. The summed E-state index contributed by atoms with van der Waals surface area (Å²) in [6.45, 7) is 4.26. The average molecular weight is 233 g/mol. The zero-order valence-electron chi connectivity index (χ0n) is 11.1. The molecule has 0 aliphatic heterocycles. The summed E-state index contributed by atoms with van der Waals surface area (Å²) in [7, 11) is 1.87. The summed E-state index contributed by atoms with van der Waals surface area (Å²) in [6.07, 6.45) is 4.21. The Morgan fingerprint density at radius 3 is 2.41 bits per heavy atom. The summed E-state index contributed by atoms with van der Waals surface area (Å²) in [4.78, 5) is 14.1. The predicted octanol–water partition coefficient (Wildman–Crippen LogP) is 3.87. The van der Waals surface area contributed by atoms with Gasteiger partial charge in [0.2, 0.25) is 5.91 Å². The number of anilines is 1. The lowest BCUT2D eigenvalue weighted by Gasteiger charge is -2.23. The molecule has 0 saturated heterocycles. The molecule has 1 aromatic rings. The molecule has 2 heteroatoms. The molecule has 0 aliphatic carbocycles. The van der Waals surface area contributed by atoms with Gasteiger partial charge in [0.1, 0.15) is 0 Å². The van der Waals surface area contributed by atoms with Crippen molar-refractivity contribution in [3.05, 3.63) is 30.3 Å². The summed E-state index contributed by atoms with van der Waals surface area (Å²) in [5.41, 5.74) is 0.979. The summed E-state index contributed by atoms with van der Waals surface area (Å²) in [5.74, 6) is 0.410. The highest BCUT2D eigenvalue weighted by Gasteiger charge is 2.20. The van der Waals surface area contributed by atoms with Gasteiger partial charge in [-0.1, -0.05) is 44.9 Å². The van der Waals surface area contributed by atoms with Crippen LogP contribution < -0.4 is 4.90 Å². The molecule has 0 aromatic heterocycles. The molecule has 17 heavy (non-hydrogen) atoms. The number of nitrogens with zero attached hydrogens (tertiary/aromatic N) is 1. The lowest BCUT2D eigenvalue weighted by molar-refractivity contribution is -0.122. The molecule has 1 aromatic carbocycles. The maximum Gasteiger partial charge on any atom is 0.229 e. The van der Waals surface area contributed by atoms with Crippen LogP contribution in [-0.2, 0) is 4.79 Å². The highest BCUT2D eigenvalue weighted by molar-refractivity contribution is 5.94. The summed E-state index contributed by atoms with van der Waals surface area (Å²) >= 11 is 0. The molecule has 1 unspecified atom stereocenters. The smallest absolute Gasteiger partial charge is 0.229 e. The molecule has 1 atom stereocenters. The monoisotopic (exact) mass is 233 g/mol. The van der Waals surface area contributed by atoms with Crippen molar-refractivity contribution in [3.8, 4) is 0 Å². The minimum absolute atomic E-state index is 0.167. The molecule has 0 aliphatic rings. The van der Waals surface area contributed by atoms with E-state index in [0.29, 0.717) is 0 Å². The van der Waals surface area contributed by atoms with Gasteiger partial charge < -0.3 is 4.90 Å². The predicted molar refractivity (Wildman–Crippen MR) is 73.2 cm³/mol. The minimum atomic E-state index is 0.167. The van der Waals surface area contributed by atoms with E-state index < -0.39 is 0 Å². The van der Waals surface area contributed by atoms with Crippen molar-refractivity contribution >= 4 is 11.6 Å². The standard InChI is InChI=1S/C15H23NO/c1-4-6-10-13(5-2)15(17)16(3)14-11-8-7-9-12-14/h7-9,11-13H,4-6,10H2,1-3H3. The van der Waals surface area contributed by atoms with Gasteiger partial charge in [-0.05, 0) is 25.0 Å². The summed E-state index contributed by atoms with van der Waals surface area (Å²) in [6, 6.07) is 9.85. The first kappa shape index (κ1) is 13.8. The number of carbonyl (C=O) groups excluding carboxylic acids is 1. The fraction of sp³-hybridized carbons (Fsp3) is 0.533. The Hall–Kier alpha value is -1.31. The lowest BCUT2D eigenvalue weighted by atomic mass is 9.97.